The van der Waals surface area contributed by atoms with Crippen molar-refractivity contribution in [3.63, 3.8) is 0 Å². The van der Waals surface area contributed by atoms with E-state index in [1.165, 1.54) is 16.7 Å². The Hall–Kier alpha value is -1.72. The van der Waals surface area contributed by atoms with E-state index in [-0.39, 0.29) is 6.10 Å². The van der Waals surface area contributed by atoms with E-state index in [1.54, 1.807) is 0 Å². The van der Waals surface area contributed by atoms with Gasteiger partial charge in [0.25, 0.3) is 0 Å². The number of aliphatic hydroxyl groups excluding tert-OH is 1. The topological polar surface area (TPSA) is 41.9 Å². The van der Waals surface area contributed by atoms with E-state index < -0.39 is 6.10 Å². The minimum atomic E-state index is -0.518. The second-order valence-electron chi connectivity index (χ2n) is 7.91. The quantitative estimate of drug-likeness (QED) is 0.676. The minimum Gasteiger partial charge on any atom is -0.389 e. The first-order valence-electron chi connectivity index (χ1n) is 10.3. The largest absolute Gasteiger partial charge is 0.389 e. The zero-order valence-corrected chi connectivity index (χ0v) is 17.1. The molecule has 0 spiro atoms. The minimum absolute atomic E-state index is 0.267. The van der Waals surface area contributed by atoms with Gasteiger partial charge in [-0.05, 0) is 43.4 Å². The average molecular weight is 384 g/mol. The summed E-state index contributed by atoms with van der Waals surface area (Å²) in [6.07, 6.45) is 1.98. The monoisotopic (exact) mass is 383 g/mol. The van der Waals surface area contributed by atoms with Crippen LogP contribution in [0.25, 0.3) is 0 Å². The lowest BCUT2D eigenvalue weighted by Gasteiger charge is -2.28. The summed E-state index contributed by atoms with van der Waals surface area (Å²) in [5.41, 5.74) is 5.01. The third-order valence-corrected chi connectivity index (χ3v) is 5.27. The summed E-state index contributed by atoms with van der Waals surface area (Å²) >= 11 is 0. The van der Waals surface area contributed by atoms with Gasteiger partial charge in [0.15, 0.2) is 0 Å². The van der Waals surface area contributed by atoms with Crippen LogP contribution in [0.2, 0.25) is 0 Å². The van der Waals surface area contributed by atoms with Crippen molar-refractivity contribution in [3.05, 3.63) is 70.8 Å². The van der Waals surface area contributed by atoms with Crippen LogP contribution in [0.5, 0.6) is 0 Å². The van der Waals surface area contributed by atoms with Crippen LogP contribution >= 0.6 is 0 Å². The summed E-state index contributed by atoms with van der Waals surface area (Å²) < 4.78 is 11.6. The smallest absolute Gasteiger partial charge is 0.0900 e. The maximum Gasteiger partial charge on any atom is 0.0900 e. The molecule has 1 N–H and O–H groups in total. The van der Waals surface area contributed by atoms with Crippen molar-refractivity contribution >= 4 is 0 Å². The fourth-order valence-electron chi connectivity index (χ4n) is 3.78. The van der Waals surface area contributed by atoms with Gasteiger partial charge in [0.2, 0.25) is 0 Å². The normalized spacial score (nSPS) is 17.9. The van der Waals surface area contributed by atoms with E-state index in [1.807, 2.05) is 30.3 Å². The highest BCUT2D eigenvalue weighted by molar-refractivity contribution is 5.30. The van der Waals surface area contributed by atoms with Gasteiger partial charge >= 0.3 is 0 Å². The number of aliphatic hydroxyl groups is 1. The molecule has 4 heteroatoms. The van der Waals surface area contributed by atoms with Crippen molar-refractivity contribution in [2.24, 2.45) is 0 Å². The van der Waals surface area contributed by atoms with E-state index >= 15 is 0 Å². The van der Waals surface area contributed by atoms with Crippen LogP contribution in [0.1, 0.15) is 35.1 Å². The standard InChI is InChI=1S/C24H33NO3/c1-19-10-11-22(20(2)13-19)14-25(16-24-9-6-12-28-24)15-23(26)18-27-17-21-7-4-3-5-8-21/h3-5,7-8,10-11,13,23-24,26H,6,9,12,14-18H2,1-2H3/t23-,24+/m0/s1. The molecule has 0 radical (unpaired) electrons. The third kappa shape index (κ3) is 6.71. The maximum absolute atomic E-state index is 10.6. The molecule has 152 valence electrons. The summed E-state index contributed by atoms with van der Waals surface area (Å²) in [5, 5.41) is 10.6. The van der Waals surface area contributed by atoms with Gasteiger partial charge in [0.1, 0.15) is 0 Å². The van der Waals surface area contributed by atoms with Gasteiger partial charge in [-0.25, -0.2) is 0 Å². The molecule has 0 aromatic heterocycles. The Kier molecular flexibility index (Phi) is 8.04. The highest BCUT2D eigenvalue weighted by atomic mass is 16.5. The maximum atomic E-state index is 10.6. The molecule has 2 atom stereocenters. The molecule has 3 rings (SSSR count). The van der Waals surface area contributed by atoms with Crippen molar-refractivity contribution in [3.8, 4) is 0 Å². The highest BCUT2D eigenvalue weighted by Gasteiger charge is 2.21. The zero-order chi connectivity index (χ0) is 19.8. The molecular formula is C24H33NO3. The Labute approximate surface area is 169 Å². The summed E-state index contributed by atoms with van der Waals surface area (Å²) in [6.45, 7) is 8.25. The molecule has 0 saturated carbocycles. The van der Waals surface area contributed by atoms with Crippen LogP contribution in [0.3, 0.4) is 0 Å². The highest BCUT2D eigenvalue weighted by Crippen LogP contribution is 2.18. The molecule has 1 saturated heterocycles. The van der Waals surface area contributed by atoms with E-state index in [0.717, 1.165) is 38.1 Å². The lowest BCUT2D eigenvalue weighted by Crippen LogP contribution is -2.39. The van der Waals surface area contributed by atoms with Gasteiger partial charge in [-0.2, -0.15) is 0 Å². The van der Waals surface area contributed by atoms with E-state index in [4.69, 9.17) is 9.47 Å². The first-order valence-corrected chi connectivity index (χ1v) is 10.3. The molecule has 2 aromatic carbocycles. The van der Waals surface area contributed by atoms with Gasteiger partial charge < -0.3 is 14.6 Å². The summed E-state index contributed by atoms with van der Waals surface area (Å²) in [4.78, 5) is 2.31. The number of hydrogen-bond donors (Lipinski definition) is 1. The number of rotatable bonds is 10. The van der Waals surface area contributed by atoms with Crippen LogP contribution in [0.4, 0.5) is 0 Å². The number of nitrogens with zero attached hydrogens (tertiary/aromatic N) is 1. The summed E-state index contributed by atoms with van der Waals surface area (Å²) in [5.74, 6) is 0. The van der Waals surface area contributed by atoms with Crippen LogP contribution in [0, 0.1) is 13.8 Å². The van der Waals surface area contributed by atoms with Gasteiger partial charge in [0.05, 0.1) is 25.4 Å². The Bertz CT molecular complexity index is 713. The van der Waals surface area contributed by atoms with Gasteiger partial charge in [-0.15, -0.1) is 0 Å². The van der Waals surface area contributed by atoms with Crippen molar-refractivity contribution in [2.45, 2.75) is 52.0 Å². The van der Waals surface area contributed by atoms with Crippen LogP contribution in [-0.2, 0) is 22.6 Å². The van der Waals surface area contributed by atoms with Gasteiger partial charge in [-0.3, -0.25) is 4.90 Å². The summed E-state index contributed by atoms with van der Waals surface area (Å²) in [6, 6.07) is 16.7. The molecule has 0 amide bonds. The van der Waals surface area contributed by atoms with Crippen LogP contribution in [-0.4, -0.2) is 48.5 Å². The number of ether oxygens (including phenoxy) is 2. The van der Waals surface area contributed by atoms with Gasteiger partial charge in [-0.1, -0.05) is 54.1 Å². The molecule has 1 fully saturated rings. The molecule has 1 aliphatic heterocycles. The van der Waals surface area contributed by atoms with Crippen molar-refractivity contribution in [1.29, 1.82) is 0 Å². The number of aryl methyl sites for hydroxylation is 2. The molecule has 0 bridgehead atoms. The Morgan fingerprint density at radius 1 is 1.18 bits per heavy atom. The molecule has 0 unspecified atom stereocenters. The third-order valence-electron chi connectivity index (χ3n) is 5.27. The Morgan fingerprint density at radius 2 is 2.00 bits per heavy atom. The Morgan fingerprint density at radius 3 is 2.71 bits per heavy atom. The van der Waals surface area contributed by atoms with E-state index in [9.17, 15) is 5.11 Å². The predicted molar refractivity (Wildman–Crippen MR) is 112 cm³/mol. The Balaban J connectivity index is 1.54. The van der Waals surface area contributed by atoms with Crippen molar-refractivity contribution in [1.82, 2.24) is 4.90 Å². The van der Waals surface area contributed by atoms with E-state index in [0.29, 0.717) is 19.8 Å². The first kappa shape index (κ1) is 21.0. The predicted octanol–water partition coefficient (Wildman–Crippen LogP) is 3.86. The second kappa shape index (κ2) is 10.7. The molecule has 0 aliphatic carbocycles. The molecule has 2 aromatic rings. The average Bonchev–Trinajstić information content (AvgIpc) is 3.18. The fraction of sp³-hybridized carbons (Fsp3) is 0.500. The lowest BCUT2D eigenvalue weighted by molar-refractivity contribution is -0.00291. The number of hydrogen-bond acceptors (Lipinski definition) is 4. The van der Waals surface area contributed by atoms with Crippen molar-refractivity contribution < 1.29 is 14.6 Å². The molecular weight excluding hydrogens is 350 g/mol. The zero-order valence-electron chi connectivity index (χ0n) is 17.1. The summed E-state index contributed by atoms with van der Waals surface area (Å²) in [7, 11) is 0. The molecule has 1 heterocycles. The second-order valence-corrected chi connectivity index (χ2v) is 7.91. The SMILES string of the molecule is Cc1ccc(CN(C[C@H](O)COCc2ccccc2)C[C@H]2CCCO2)c(C)c1. The van der Waals surface area contributed by atoms with Crippen LogP contribution in [0.15, 0.2) is 48.5 Å². The molecule has 1 aliphatic rings. The van der Waals surface area contributed by atoms with Crippen LogP contribution < -0.4 is 0 Å². The molecule has 28 heavy (non-hydrogen) atoms. The number of benzene rings is 2. The lowest BCUT2D eigenvalue weighted by atomic mass is 10.0. The van der Waals surface area contributed by atoms with Gasteiger partial charge in [0, 0.05) is 26.2 Å². The molecule has 4 nitrogen and oxygen atoms in total. The van der Waals surface area contributed by atoms with E-state index in [2.05, 4.69) is 36.9 Å². The fourth-order valence-corrected chi connectivity index (χ4v) is 3.78. The first-order chi connectivity index (χ1) is 13.6. The van der Waals surface area contributed by atoms with Crippen molar-refractivity contribution in [2.75, 3.05) is 26.3 Å².